The number of carbonyl (C=O) groups is 2. The number of rotatable bonds is 11. The predicted molar refractivity (Wildman–Crippen MR) is 138 cm³/mol. The van der Waals surface area contributed by atoms with Crippen LogP contribution in [0.4, 0.5) is 5.69 Å². The molecule has 0 aromatic heterocycles. The zero-order chi connectivity index (χ0) is 25.5. The van der Waals surface area contributed by atoms with E-state index in [1.807, 2.05) is 13.0 Å². The van der Waals surface area contributed by atoms with Crippen LogP contribution in [-0.2, 0) is 26.2 Å². The lowest BCUT2D eigenvalue weighted by molar-refractivity contribution is -0.140. The van der Waals surface area contributed by atoms with Crippen molar-refractivity contribution in [3.05, 3.63) is 63.6 Å². The number of carbonyl (C=O) groups excluding carboxylic acids is 2. The molecule has 0 bridgehead atoms. The quantitative estimate of drug-likeness (QED) is 0.469. The molecule has 0 saturated carbocycles. The van der Waals surface area contributed by atoms with E-state index in [1.165, 1.54) is 9.21 Å². The van der Waals surface area contributed by atoms with Crippen molar-refractivity contribution >= 4 is 50.7 Å². The minimum Gasteiger partial charge on any atom is -0.355 e. The molecule has 0 radical (unpaired) electrons. The van der Waals surface area contributed by atoms with E-state index in [4.69, 9.17) is 23.2 Å². The summed E-state index contributed by atoms with van der Waals surface area (Å²) in [6, 6.07) is 11.5. The summed E-state index contributed by atoms with van der Waals surface area (Å²) in [4.78, 5) is 27.2. The van der Waals surface area contributed by atoms with Gasteiger partial charge in [0.05, 0.1) is 11.9 Å². The van der Waals surface area contributed by atoms with Crippen molar-refractivity contribution in [2.24, 2.45) is 0 Å². The van der Waals surface area contributed by atoms with Crippen LogP contribution in [0.1, 0.15) is 37.8 Å². The molecule has 0 saturated heterocycles. The Morgan fingerprint density at radius 3 is 2.41 bits per heavy atom. The Labute approximate surface area is 212 Å². The number of benzene rings is 2. The number of amides is 2. The Hall–Kier alpha value is -2.29. The molecule has 2 rings (SSSR count). The molecule has 34 heavy (non-hydrogen) atoms. The van der Waals surface area contributed by atoms with Gasteiger partial charge in [-0.1, -0.05) is 47.5 Å². The van der Waals surface area contributed by atoms with E-state index in [0.717, 1.165) is 17.4 Å². The number of nitrogens with zero attached hydrogens (tertiary/aromatic N) is 2. The van der Waals surface area contributed by atoms with Gasteiger partial charge in [-0.25, -0.2) is 8.42 Å². The standard InChI is InChI=1S/C24H31Cl2N3O4S/c1-5-27-24(31)18(3)28(16-19-9-6-7-10-21(19)26)23(30)11-8-14-29(34(4,32)33)22-15-20(25)13-12-17(22)2/h6-7,9-10,12-13,15,18H,5,8,11,14,16H2,1-4H3,(H,27,31). The van der Waals surface area contributed by atoms with Crippen molar-refractivity contribution in [1.82, 2.24) is 10.2 Å². The maximum absolute atomic E-state index is 13.2. The molecular formula is C24H31Cl2N3O4S. The van der Waals surface area contributed by atoms with Gasteiger partial charge in [0.1, 0.15) is 6.04 Å². The number of sulfonamides is 1. The third kappa shape index (κ3) is 7.61. The Bertz CT molecular complexity index is 1120. The van der Waals surface area contributed by atoms with Crippen molar-refractivity contribution in [3.63, 3.8) is 0 Å². The number of anilines is 1. The average Bonchev–Trinajstić information content (AvgIpc) is 2.76. The fourth-order valence-electron chi connectivity index (χ4n) is 3.55. The van der Waals surface area contributed by atoms with E-state index in [-0.39, 0.29) is 37.7 Å². The summed E-state index contributed by atoms with van der Waals surface area (Å²) in [6.45, 7) is 5.98. The van der Waals surface area contributed by atoms with Crippen molar-refractivity contribution in [2.45, 2.75) is 46.2 Å². The monoisotopic (exact) mass is 527 g/mol. The topological polar surface area (TPSA) is 86.8 Å². The van der Waals surface area contributed by atoms with Gasteiger partial charge in [-0.3, -0.25) is 13.9 Å². The number of likely N-dealkylation sites (N-methyl/N-ethyl adjacent to an activating group) is 1. The number of halogens is 2. The van der Waals surface area contributed by atoms with E-state index in [0.29, 0.717) is 22.3 Å². The summed E-state index contributed by atoms with van der Waals surface area (Å²) in [7, 11) is -3.60. The lowest BCUT2D eigenvalue weighted by Gasteiger charge is -2.30. The smallest absolute Gasteiger partial charge is 0.242 e. The molecular weight excluding hydrogens is 497 g/mol. The molecule has 0 fully saturated rings. The van der Waals surface area contributed by atoms with E-state index < -0.39 is 16.1 Å². The van der Waals surface area contributed by atoms with Crippen LogP contribution in [0.15, 0.2) is 42.5 Å². The first-order chi connectivity index (χ1) is 16.0. The molecule has 1 unspecified atom stereocenters. The highest BCUT2D eigenvalue weighted by molar-refractivity contribution is 7.92. The third-order valence-electron chi connectivity index (χ3n) is 5.41. The van der Waals surface area contributed by atoms with Gasteiger partial charge in [-0.15, -0.1) is 0 Å². The summed E-state index contributed by atoms with van der Waals surface area (Å²) in [6.07, 6.45) is 1.44. The van der Waals surface area contributed by atoms with Gasteiger partial charge in [0.15, 0.2) is 0 Å². The van der Waals surface area contributed by atoms with Crippen LogP contribution in [0.3, 0.4) is 0 Å². The van der Waals surface area contributed by atoms with E-state index in [1.54, 1.807) is 50.2 Å². The van der Waals surface area contributed by atoms with Crippen LogP contribution < -0.4 is 9.62 Å². The SMILES string of the molecule is CCNC(=O)C(C)N(Cc1ccccc1Cl)C(=O)CCCN(c1cc(Cl)ccc1C)S(C)(=O)=O. The van der Waals surface area contributed by atoms with Crippen LogP contribution in [0.25, 0.3) is 0 Å². The van der Waals surface area contributed by atoms with Crippen LogP contribution >= 0.6 is 23.2 Å². The maximum atomic E-state index is 13.2. The number of aryl methyl sites for hydroxylation is 1. The largest absolute Gasteiger partial charge is 0.355 e. The summed E-state index contributed by atoms with van der Waals surface area (Å²) in [5, 5.41) is 3.67. The summed E-state index contributed by atoms with van der Waals surface area (Å²) in [5.74, 6) is -0.537. The van der Waals surface area contributed by atoms with E-state index in [9.17, 15) is 18.0 Å². The molecule has 0 aliphatic rings. The molecule has 1 atom stereocenters. The summed E-state index contributed by atoms with van der Waals surface area (Å²) < 4.78 is 26.2. The van der Waals surface area contributed by atoms with Crippen LogP contribution in [-0.4, -0.2) is 50.5 Å². The predicted octanol–water partition coefficient (Wildman–Crippen LogP) is 4.40. The summed E-state index contributed by atoms with van der Waals surface area (Å²) >= 11 is 12.4. The van der Waals surface area contributed by atoms with Crippen molar-refractivity contribution in [1.29, 1.82) is 0 Å². The van der Waals surface area contributed by atoms with Crippen molar-refractivity contribution in [2.75, 3.05) is 23.7 Å². The maximum Gasteiger partial charge on any atom is 0.242 e. The molecule has 0 heterocycles. The normalized spacial score (nSPS) is 12.2. The van der Waals surface area contributed by atoms with Crippen molar-refractivity contribution < 1.29 is 18.0 Å². The molecule has 0 spiro atoms. The highest BCUT2D eigenvalue weighted by atomic mass is 35.5. The van der Waals surface area contributed by atoms with Crippen LogP contribution in [0.5, 0.6) is 0 Å². The molecule has 2 amide bonds. The van der Waals surface area contributed by atoms with Gasteiger partial charge < -0.3 is 10.2 Å². The Morgan fingerprint density at radius 1 is 1.12 bits per heavy atom. The second kappa shape index (κ2) is 12.4. The zero-order valence-corrected chi connectivity index (χ0v) is 22.2. The molecule has 186 valence electrons. The Balaban J connectivity index is 2.20. The molecule has 10 heteroatoms. The van der Waals surface area contributed by atoms with Gasteiger partial charge in [-0.2, -0.15) is 0 Å². The van der Waals surface area contributed by atoms with Gasteiger partial charge in [0.25, 0.3) is 0 Å². The molecule has 2 aromatic carbocycles. The summed E-state index contributed by atoms with van der Waals surface area (Å²) in [5.41, 5.74) is 1.96. The second-order valence-corrected chi connectivity index (χ2v) is 10.8. The molecule has 1 N–H and O–H groups in total. The van der Waals surface area contributed by atoms with Gasteiger partial charge in [-0.05, 0) is 56.5 Å². The zero-order valence-electron chi connectivity index (χ0n) is 19.8. The van der Waals surface area contributed by atoms with Gasteiger partial charge >= 0.3 is 0 Å². The minimum atomic E-state index is -3.60. The first kappa shape index (κ1) is 28.0. The first-order valence-corrected chi connectivity index (χ1v) is 13.6. The second-order valence-electron chi connectivity index (χ2n) is 8.05. The van der Waals surface area contributed by atoms with Crippen LogP contribution in [0, 0.1) is 6.92 Å². The Kier molecular flexibility index (Phi) is 10.2. The third-order valence-corrected chi connectivity index (χ3v) is 7.19. The highest BCUT2D eigenvalue weighted by Gasteiger charge is 2.27. The van der Waals surface area contributed by atoms with Gasteiger partial charge in [0.2, 0.25) is 21.8 Å². The molecule has 2 aromatic rings. The lowest BCUT2D eigenvalue weighted by Crippen LogP contribution is -2.47. The fourth-order valence-corrected chi connectivity index (χ4v) is 4.92. The molecule has 0 aliphatic heterocycles. The van der Waals surface area contributed by atoms with E-state index in [2.05, 4.69) is 5.32 Å². The number of hydrogen-bond acceptors (Lipinski definition) is 4. The fraction of sp³-hybridized carbons (Fsp3) is 0.417. The molecule has 0 aliphatic carbocycles. The first-order valence-electron chi connectivity index (χ1n) is 11.0. The van der Waals surface area contributed by atoms with E-state index >= 15 is 0 Å². The van der Waals surface area contributed by atoms with Gasteiger partial charge in [0, 0.05) is 36.1 Å². The average molecular weight is 529 g/mol. The van der Waals surface area contributed by atoms with Crippen molar-refractivity contribution in [3.8, 4) is 0 Å². The number of nitrogens with one attached hydrogen (secondary N) is 1. The highest BCUT2D eigenvalue weighted by Crippen LogP contribution is 2.27. The Morgan fingerprint density at radius 2 is 1.79 bits per heavy atom. The molecule has 7 nitrogen and oxygen atoms in total. The van der Waals surface area contributed by atoms with Crippen LogP contribution in [0.2, 0.25) is 10.0 Å². The lowest BCUT2D eigenvalue weighted by atomic mass is 10.1. The number of hydrogen-bond donors (Lipinski definition) is 1. The minimum absolute atomic E-state index is 0.0554.